The van der Waals surface area contributed by atoms with Gasteiger partial charge in [-0.1, -0.05) is 29.8 Å². The van der Waals surface area contributed by atoms with Crippen molar-refractivity contribution in [2.24, 2.45) is 0 Å². The van der Waals surface area contributed by atoms with E-state index in [2.05, 4.69) is 34.3 Å². The van der Waals surface area contributed by atoms with Crippen molar-refractivity contribution in [3.63, 3.8) is 0 Å². The molecule has 1 aromatic carbocycles. The molecule has 0 aliphatic carbocycles. The number of rotatable bonds is 4. The van der Waals surface area contributed by atoms with Gasteiger partial charge in [0, 0.05) is 12.1 Å². The SMILES string of the molecule is c1cc(CN2CCCCC2)cc(-c2noc([C@H]3C[C@@H]4CC[C@@H]3O4)n2)c1. The topological polar surface area (TPSA) is 51.4 Å². The summed E-state index contributed by atoms with van der Waals surface area (Å²) in [5, 5.41) is 4.25. The summed E-state index contributed by atoms with van der Waals surface area (Å²) >= 11 is 0. The maximum atomic E-state index is 5.92. The van der Waals surface area contributed by atoms with E-state index in [1.54, 1.807) is 0 Å². The Kier molecular flexibility index (Phi) is 4.06. The van der Waals surface area contributed by atoms with Gasteiger partial charge < -0.3 is 9.26 Å². The van der Waals surface area contributed by atoms with Crippen molar-refractivity contribution in [3.05, 3.63) is 35.7 Å². The van der Waals surface area contributed by atoms with Gasteiger partial charge in [0.2, 0.25) is 11.7 Å². The molecule has 0 saturated carbocycles. The van der Waals surface area contributed by atoms with Crippen LogP contribution in [0.5, 0.6) is 0 Å². The Morgan fingerprint density at radius 3 is 2.84 bits per heavy atom. The average Bonchev–Trinajstić information content (AvgIpc) is 3.39. The van der Waals surface area contributed by atoms with Crippen molar-refractivity contribution in [2.45, 2.75) is 63.2 Å². The number of hydrogen-bond donors (Lipinski definition) is 0. The van der Waals surface area contributed by atoms with Crippen molar-refractivity contribution in [1.82, 2.24) is 15.0 Å². The van der Waals surface area contributed by atoms with E-state index in [-0.39, 0.29) is 12.0 Å². The molecular formula is C20H25N3O2. The molecule has 2 aromatic rings. The fourth-order valence-corrected chi connectivity index (χ4v) is 4.59. The Morgan fingerprint density at radius 2 is 2.04 bits per heavy atom. The van der Waals surface area contributed by atoms with Crippen molar-refractivity contribution < 1.29 is 9.26 Å². The second kappa shape index (κ2) is 6.54. The number of fused-ring (bicyclic) bond motifs is 2. The molecule has 5 rings (SSSR count). The van der Waals surface area contributed by atoms with Gasteiger partial charge in [-0.15, -0.1) is 0 Å². The van der Waals surface area contributed by atoms with Gasteiger partial charge in [-0.05, 0) is 56.8 Å². The zero-order valence-corrected chi connectivity index (χ0v) is 14.6. The van der Waals surface area contributed by atoms with Crippen LogP contribution < -0.4 is 0 Å². The minimum absolute atomic E-state index is 0.281. The Balaban J connectivity index is 1.32. The zero-order valence-electron chi connectivity index (χ0n) is 14.6. The lowest BCUT2D eigenvalue weighted by Crippen LogP contribution is -2.29. The molecule has 4 heterocycles. The molecule has 3 atom stereocenters. The Hall–Kier alpha value is -1.72. The molecule has 3 fully saturated rings. The van der Waals surface area contributed by atoms with Gasteiger partial charge >= 0.3 is 0 Å². The number of hydrogen-bond acceptors (Lipinski definition) is 5. The van der Waals surface area contributed by atoms with Gasteiger partial charge in [0.25, 0.3) is 0 Å². The lowest BCUT2D eigenvalue weighted by molar-refractivity contribution is 0.0974. The summed E-state index contributed by atoms with van der Waals surface area (Å²) in [6.45, 7) is 3.43. The van der Waals surface area contributed by atoms with Crippen molar-refractivity contribution in [3.8, 4) is 11.4 Å². The molecular weight excluding hydrogens is 314 g/mol. The molecule has 3 aliphatic heterocycles. The zero-order chi connectivity index (χ0) is 16.6. The third-order valence-electron chi connectivity index (χ3n) is 5.90. The van der Waals surface area contributed by atoms with Crippen LogP contribution in [0.25, 0.3) is 11.4 Å². The van der Waals surface area contributed by atoms with E-state index in [0.29, 0.717) is 11.9 Å². The Bertz CT molecular complexity index is 738. The number of aromatic nitrogens is 2. The van der Waals surface area contributed by atoms with E-state index < -0.39 is 0 Å². The maximum absolute atomic E-state index is 5.92. The van der Waals surface area contributed by atoms with Crippen molar-refractivity contribution in [1.29, 1.82) is 0 Å². The van der Waals surface area contributed by atoms with Crippen molar-refractivity contribution in [2.75, 3.05) is 13.1 Å². The van der Waals surface area contributed by atoms with Crippen LogP contribution in [-0.4, -0.2) is 40.3 Å². The lowest BCUT2D eigenvalue weighted by Gasteiger charge is -2.26. The second-order valence-electron chi connectivity index (χ2n) is 7.71. The molecule has 25 heavy (non-hydrogen) atoms. The summed E-state index contributed by atoms with van der Waals surface area (Å²) in [7, 11) is 0. The molecule has 0 spiro atoms. The van der Waals surface area contributed by atoms with Crippen LogP contribution in [0.2, 0.25) is 0 Å². The number of likely N-dealkylation sites (tertiary alicyclic amines) is 1. The van der Waals surface area contributed by atoms with E-state index in [1.165, 1.54) is 44.3 Å². The average molecular weight is 339 g/mol. The smallest absolute Gasteiger partial charge is 0.232 e. The molecule has 5 heteroatoms. The molecule has 5 nitrogen and oxygen atoms in total. The predicted octanol–water partition coefficient (Wildman–Crippen LogP) is 3.76. The van der Waals surface area contributed by atoms with Gasteiger partial charge in [-0.2, -0.15) is 4.98 Å². The van der Waals surface area contributed by atoms with Gasteiger partial charge in [-0.25, -0.2) is 0 Å². The molecule has 3 saturated heterocycles. The normalized spacial score (nSPS) is 29.4. The molecule has 0 radical (unpaired) electrons. The predicted molar refractivity (Wildman–Crippen MR) is 94.1 cm³/mol. The van der Waals surface area contributed by atoms with Crippen LogP contribution in [0.1, 0.15) is 55.9 Å². The summed E-state index contributed by atoms with van der Waals surface area (Å²) in [6, 6.07) is 8.58. The maximum Gasteiger partial charge on any atom is 0.232 e. The van der Waals surface area contributed by atoms with E-state index in [1.807, 2.05) is 0 Å². The Labute approximate surface area is 148 Å². The van der Waals surface area contributed by atoms with Crippen LogP contribution in [0, 0.1) is 0 Å². The number of nitrogens with zero attached hydrogens (tertiary/aromatic N) is 3. The first-order chi connectivity index (χ1) is 12.3. The van der Waals surface area contributed by atoms with Crippen LogP contribution in [0.3, 0.4) is 0 Å². The van der Waals surface area contributed by atoms with E-state index >= 15 is 0 Å². The first kappa shape index (κ1) is 15.5. The van der Waals surface area contributed by atoms with Crippen LogP contribution in [-0.2, 0) is 11.3 Å². The third-order valence-corrected chi connectivity index (χ3v) is 5.90. The molecule has 2 bridgehead atoms. The first-order valence-corrected chi connectivity index (χ1v) is 9.66. The summed E-state index contributed by atoms with van der Waals surface area (Å²) in [6.07, 6.45) is 8.02. The van der Waals surface area contributed by atoms with E-state index in [9.17, 15) is 0 Å². The summed E-state index contributed by atoms with van der Waals surface area (Å²) in [5.74, 6) is 1.75. The Morgan fingerprint density at radius 1 is 1.12 bits per heavy atom. The van der Waals surface area contributed by atoms with Gasteiger partial charge in [-0.3, -0.25) is 4.90 Å². The van der Waals surface area contributed by atoms with Crippen LogP contribution in [0.4, 0.5) is 0 Å². The summed E-state index contributed by atoms with van der Waals surface area (Å²) in [4.78, 5) is 7.24. The standard InChI is InChI=1S/C20H25N3O2/c1-2-9-23(10-3-1)13-14-5-4-6-15(11-14)19-21-20(25-22-19)17-12-16-7-8-18(17)24-16/h4-6,11,16-18H,1-3,7-10,12-13H2/t16-,17-,18-/m0/s1. The highest BCUT2D eigenvalue weighted by molar-refractivity contribution is 5.55. The highest BCUT2D eigenvalue weighted by Crippen LogP contribution is 2.44. The minimum atomic E-state index is 0.281. The third kappa shape index (κ3) is 3.11. The van der Waals surface area contributed by atoms with Gasteiger partial charge in [0.15, 0.2) is 0 Å². The van der Waals surface area contributed by atoms with Crippen molar-refractivity contribution >= 4 is 0 Å². The largest absolute Gasteiger partial charge is 0.374 e. The van der Waals surface area contributed by atoms with Gasteiger partial charge in [0.05, 0.1) is 18.1 Å². The number of piperidine rings is 1. The number of benzene rings is 1. The van der Waals surface area contributed by atoms with Crippen LogP contribution in [0.15, 0.2) is 28.8 Å². The summed E-state index contributed by atoms with van der Waals surface area (Å²) in [5.41, 5.74) is 2.38. The molecule has 132 valence electrons. The molecule has 0 N–H and O–H groups in total. The lowest BCUT2D eigenvalue weighted by atomic mass is 9.89. The number of ether oxygens (including phenoxy) is 1. The summed E-state index contributed by atoms with van der Waals surface area (Å²) < 4.78 is 11.5. The fraction of sp³-hybridized carbons (Fsp3) is 0.600. The van der Waals surface area contributed by atoms with Gasteiger partial charge in [0.1, 0.15) is 0 Å². The molecule has 1 aromatic heterocycles. The molecule has 3 aliphatic rings. The minimum Gasteiger partial charge on any atom is -0.374 e. The molecule has 0 unspecified atom stereocenters. The highest BCUT2D eigenvalue weighted by atomic mass is 16.5. The van der Waals surface area contributed by atoms with Crippen LogP contribution >= 0.6 is 0 Å². The second-order valence-corrected chi connectivity index (χ2v) is 7.71. The monoisotopic (exact) mass is 339 g/mol. The highest BCUT2D eigenvalue weighted by Gasteiger charge is 2.44. The quantitative estimate of drug-likeness (QED) is 0.849. The fourth-order valence-electron chi connectivity index (χ4n) is 4.59. The first-order valence-electron chi connectivity index (χ1n) is 9.66. The van der Waals surface area contributed by atoms with E-state index in [4.69, 9.17) is 14.2 Å². The van der Waals surface area contributed by atoms with E-state index in [0.717, 1.165) is 30.8 Å². The molecule has 0 amide bonds.